The van der Waals surface area contributed by atoms with Gasteiger partial charge in [-0.15, -0.1) is 0 Å². The fourth-order valence-electron chi connectivity index (χ4n) is 2.91. The summed E-state index contributed by atoms with van der Waals surface area (Å²) in [5, 5.41) is 0. The van der Waals surface area contributed by atoms with Crippen LogP contribution in [0.5, 0.6) is 5.75 Å². The van der Waals surface area contributed by atoms with Gasteiger partial charge in [0.2, 0.25) is 0 Å². The van der Waals surface area contributed by atoms with Crippen LogP contribution in [-0.2, 0) is 0 Å². The largest absolute Gasteiger partial charge is 0.494 e. The summed E-state index contributed by atoms with van der Waals surface area (Å²) >= 11 is 4.94. The quantitative estimate of drug-likeness (QED) is 0.647. The Hall–Kier alpha value is -1.13. The van der Waals surface area contributed by atoms with Gasteiger partial charge in [0.1, 0.15) is 10.7 Å². The third-order valence-corrected chi connectivity index (χ3v) is 4.74. The molecule has 2 rings (SSSR count). The molecule has 3 nitrogen and oxygen atoms in total. The molecule has 0 spiro atoms. The zero-order valence-electron chi connectivity index (χ0n) is 13.0. The van der Waals surface area contributed by atoms with Crippen LogP contribution in [0.4, 0.5) is 0 Å². The number of likely N-dealkylation sites (tertiary alicyclic amines) is 1. The number of piperidine rings is 1. The highest BCUT2D eigenvalue weighted by Crippen LogP contribution is 2.22. The molecule has 0 bridgehead atoms. The van der Waals surface area contributed by atoms with E-state index >= 15 is 0 Å². The first-order valence-corrected chi connectivity index (χ1v) is 8.25. The van der Waals surface area contributed by atoms with Crippen LogP contribution in [0.25, 0.3) is 0 Å². The average Bonchev–Trinajstić information content (AvgIpc) is 2.48. The van der Waals surface area contributed by atoms with Gasteiger partial charge in [-0.25, -0.2) is 0 Å². The smallest absolute Gasteiger partial charge is 0.119 e. The fraction of sp³-hybridized carbons (Fsp3) is 0.588. The molecule has 1 aliphatic rings. The van der Waals surface area contributed by atoms with Gasteiger partial charge in [-0.2, -0.15) is 0 Å². The Morgan fingerprint density at radius 3 is 2.71 bits per heavy atom. The Kier molecular flexibility index (Phi) is 6.00. The van der Waals surface area contributed by atoms with E-state index in [1.54, 1.807) is 0 Å². The van der Waals surface area contributed by atoms with Crippen molar-refractivity contribution >= 4 is 17.2 Å². The van der Waals surface area contributed by atoms with Crippen molar-refractivity contribution in [2.24, 2.45) is 11.7 Å². The van der Waals surface area contributed by atoms with Gasteiger partial charge < -0.3 is 15.4 Å². The van der Waals surface area contributed by atoms with Gasteiger partial charge in [0.25, 0.3) is 0 Å². The summed E-state index contributed by atoms with van der Waals surface area (Å²) in [5.74, 6) is 1.70. The molecular weight excluding hydrogens is 280 g/mol. The molecule has 116 valence electrons. The van der Waals surface area contributed by atoms with Crippen LogP contribution in [0.1, 0.15) is 38.7 Å². The van der Waals surface area contributed by atoms with Crippen LogP contribution in [0.3, 0.4) is 0 Å². The SMILES string of the molecule is CC1CCCN(CCCOc2ccc(C(N)=S)cc2)C1C. The van der Waals surface area contributed by atoms with Crippen LogP contribution in [0.2, 0.25) is 0 Å². The summed E-state index contributed by atoms with van der Waals surface area (Å²) < 4.78 is 5.78. The summed E-state index contributed by atoms with van der Waals surface area (Å²) in [7, 11) is 0. The van der Waals surface area contributed by atoms with Crippen molar-refractivity contribution in [2.75, 3.05) is 19.7 Å². The minimum atomic E-state index is 0.426. The first-order valence-electron chi connectivity index (χ1n) is 7.84. The van der Waals surface area contributed by atoms with Crippen molar-refractivity contribution in [3.8, 4) is 5.75 Å². The number of rotatable bonds is 6. The van der Waals surface area contributed by atoms with E-state index in [1.807, 2.05) is 24.3 Å². The molecule has 1 fully saturated rings. The number of nitrogens with two attached hydrogens (primary N) is 1. The van der Waals surface area contributed by atoms with Gasteiger partial charge in [0, 0.05) is 18.2 Å². The minimum absolute atomic E-state index is 0.426. The first-order chi connectivity index (χ1) is 10.1. The molecule has 1 aromatic rings. The molecule has 0 aromatic heterocycles. The van der Waals surface area contributed by atoms with E-state index < -0.39 is 0 Å². The van der Waals surface area contributed by atoms with E-state index in [1.165, 1.54) is 19.4 Å². The highest BCUT2D eigenvalue weighted by atomic mass is 32.1. The van der Waals surface area contributed by atoms with Crippen LogP contribution >= 0.6 is 12.2 Å². The Morgan fingerprint density at radius 1 is 1.33 bits per heavy atom. The van der Waals surface area contributed by atoms with Crippen molar-refractivity contribution in [1.29, 1.82) is 0 Å². The van der Waals surface area contributed by atoms with Crippen LogP contribution in [0.15, 0.2) is 24.3 Å². The summed E-state index contributed by atoms with van der Waals surface area (Å²) in [4.78, 5) is 3.02. The second kappa shape index (κ2) is 7.76. The molecule has 4 heteroatoms. The Morgan fingerprint density at radius 2 is 2.05 bits per heavy atom. The zero-order valence-corrected chi connectivity index (χ0v) is 13.9. The maximum absolute atomic E-state index is 5.78. The van der Waals surface area contributed by atoms with E-state index in [0.29, 0.717) is 11.0 Å². The topological polar surface area (TPSA) is 38.5 Å². The molecule has 2 unspecified atom stereocenters. The standard InChI is InChI=1S/C17H26N2OS/c1-13-5-3-10-19(14(13)2)11-4-12-20-16-8-6-15(7-9-16)17(18)21/h6-9,13-14H,3-5,10-12H2,1-2H3,(H2,18,21). The second-order valence-corrected chi connectivity index (χ2v) is 6.43. The molecular formula is C17H26N2OS. The molecule has 1 heterocycles. The Labute approximate surface area is 133 Å². The molecule has 0 amide bonds. The van der Waals surface area contributed by atoms with Gasteiger partial charge in [0.05, 0.1) is 6.61 Å². The average molecular weight is 306 g/mol. The Balaban J connectivity index is 1.70. The summed E-state index contributed by atoms with van der Waals surface area (Å²) in [6.45, 7) is 7.81. The van der Waals surface area contributed by atoms with Gasteiger partial charge in [-0.05, 0) is 62.9 Å². The third kappa shape index (κ3) is 4.68. The van der Waals surface area contributed by atoms with Gasteiger partial charge in [0.15, 0.2) is 0 Å². The molecule has 1 aromatic carbocycles. The van der Waals surface area contributed by atoms with Crippen molar-refractivity contribution in [2.45, 2.75) is 39.2 Å². The van der Waals surface area contributed by atoms with Crippen molar-refractivity contribution < 1.29 is 4.74 Å². The van der Waals surface area contributed by atoms with Crippen LogP contribution in [-0.4, -0.2) is 35.6 Å². The lowest BCUT2D eigenvalue weighted by molar-refractivity contribution is 0.106. The molecule has 0 aliphatic carbocycles. The molecule has 1 aliphatic heterocycles. The molecule has 21 heavy (non-hydrogen) atoms. The highest BCUT2D eigenvalue weighted by Gasteiger charge is 2.23. The van der Waals surface area contributed by atoms with Crippen LogP contribution in [0, 0.1) is 5.92 Å². The van der Waals surface area contributed by atoms with E-state index in [-0.39, 0.29) is 0 Å². The molecule has 2 N–H and O–H groups in total. The molecule has 0 saturated carbocycles. The number of thiocarbonyl (C=S) groups is 1. The summed E-state index contributed by atoms with van der Waals surface area (Å²) in [6.07, 6.45) is 3.75. The van der Waals surface area contributed by atoms with Crippen molar-refractivity contribution in [3.63, 3.8) is 0 Å². The maximum Gasteiger partial charge on any atom is 0.119 e. The zero-order chi connectivity index (χ0) is 15.2. The number of hydrogen-bond donors (Lipinski definition) is 1. The van der Waals surface area contributed by atoms with E-state index in [0.717, 1.165) is 36.8 Å². The minimum Gasteiger partial charge on any atom is -0.494 e. The monoisotopic (exact) mass is 306 g/mol. The predicted molar refractivity (Wildman–Crippen MR) is 91.9 cm³/mol. The lowest BCUT2D eigenvalue weighted by atomic mass is 9.92. The number of nitrogens with zero attached hydrogens (tertiary/aromatic N) is 1. The number of benzene rings is 1. The molecule has 2 atom stereocenters. The van der Waals surface area contributed by atoms with E-state index in [4.69, 9.17) is 22.7 Å². The van der Waals surface area contributed by atoms with E-state index in [2.05, 4.69) is 18.7 Å². The summed E-state index contributed by atoms with van der Waals surface area (Å²) in [5.41, 5.74) is 6.46. The van der Waals surface area contributed by atoms with E-state index in [9.17, 15) is 0 Å². The van der Waals surface area contributed by atoms with Crippen LogP contribution < -0.4 is 10.5 Å². The lowest BCUT2D eigenvalue weighted by Gasteiger charge is -2.37. The second-order valence-electron chi connectivity index (χ2n) is 5.99. The predicted octanol–water partition coefficient (Wildman–Crippen LogP) is 3.21. The van der Waals surface area contributed by atoms with Gasteiger partial charge >= 0.3 is 0 Å². The maximum atomic E-state index is 5.78. The van der Waals surface area contributed by atoms with Gasteiger partial charge in [-0.3, -0.25) is 0 Å². The first kappa shape index (κ1) is 16.2. The van der Waals surface area contributed by atoms with Crippen molar-refractivity contribution in [3.05, 3.63) is 29.8 Å². The Bertz CT molecular complexity index is 460. The lowest BCUT2D eigenvalue weighted by Crippen LogP contribution is -2.43. The third-order valence-electron chi connectivity index (χ3n) is 4.50. The van der Waals surface area contributed by atoms with Crippen molar-refractivity contribution in [1.82, 2.24) is 4.90 Å². The fourth-order valence-corrected chi connectivity index (χ4v) is 3.05. The highest BCUT2D eigenvalue weighted by molar-refractivity contribution is 7.80. The summed E-state index contributed by atoms with van der Waals surface area (Å²) in [6, 6.07) is 8.38. The number of ether oxygens (including phenoxy) is 1. The molecule has 1 saturated heterocycles. The van der Waals surface area contributed by atoms with Gasteiger partial charge in [-0.1, -0.05) is 19.1 Å². The number of hydrogen-bond acceptors (Lipinski definition) is 3. The normalized spacial score (nSPS) is 23.0. The molecule has 0 radical (unpaired) electrons.